The summed E-state index contributed by atoms with van der Waals surface area (Å²) in [7, 11) is -4.94. The Morgan fingerprint density at radius 2 is 1.60 bits per heavy atom. The molecule has 1 atom stereocenters. The Morgan fingerprint density at radius 3 is 2.20 bits per heavy atom. The molecule has 1 unspecified atom stereocenters. The maximum atomic E-state index is 13.2. The molecule has 1 aromatic heterocycles. The molecule has 3 aromatic rings. The molecule has 1 N–H and O–H groups in total. The molecule has 7 nitrogen and oxygen atoms in total. The molecular formula is C20H21NO6S3. The van der Waals surface area contributed by atoms with E-state index in [0.717, 1.165) is 11.3 Å². The van der Waals surface area contributed by atoms with Gasteiger partial charge in [-0.25, -0.2) is 21.6 Å². The standard InChI is InChI=1S/C20H21NO6S3/c1-26-17-11-10-16(13-18(17)27-2)30(24,25)21-14-19(15-7-4-3-5-8-15)29(22,23)20-9-6-12-28-20/h3-13,19,21H,14H2,1-2H3. The Labute approximate surface area is 180 Å². The van der Waals surface area contributed by atoms with Crippen LogP contribution < -0.4 is 14.2 Å². The van der Waals surface area contributed by atoms with E-state index in [0.29, 0.717) is 11.3 Å². The summed E-state index contributed by atoms with van der Waals surface area (Å²) in [6.45, 7) is -0.319. The van der Waals surface area contributed by atoms with Crippen molar-refractivity contribution in [2.75, 3.05) is 20.8 Å². The maximum Gasteiger partial charge on any atom is 0.240 e. The lowest BCUT2D eigenvalue weighted by Gasteiger charge is -2.18. The molecule has 0 bridgehead atoms. The van der Waals surface area contributed by atoms with E-state index in [4.69, 9.17) is 9.47 Å². The Kier molecular flexibility index (Phi) is 6.81. The molecule has 0 saturated heterocycles. The van der Waals surface area contributed by atoms with E-state index in [1.165, 1.54) is 38.5 Å². The molecule has 30 heavy (non-hydrogen) atoms. The topological polar surface area (TPSA) is 98.8 Å². The highest BCUT2D eigenvalue weighted by Gasteiger charge is 2.31. The summed E-state index contributed by atoms with van der Waals surface area (Å²) in [5.41, 5.74) is 0.501. The quantitative estimate of drug-likeness (QED) is 0.519. The molecule has 2 aromatic carbocycles. The molecule has 0 radical (unpaired) electrons. The molecule has 0 fully saturated rings. The van der Waals surface area contributed by atoms with Crippen molar-refractivity contribution in [2.24, 2.45) is 0 Å². The van der Waals surface area contributed by atoms with Gasteiger partial charge in [-0.15, -0.1) is 11.3 Å². The lowest BCUT2D eigenvalue weighted by atomic mass is 10.1. The molecule has 0 aliphatic heterocycles. The zero-order chi connectivity index (χ0) is 21.8. The van der Waals surface area contributed by atoms with Crippen molar-refractivity contribution < 1.29 is 26.3 Å². The highest BCUT2D eigenvalue weighted by molar-refractivity contribution is 7.93. The van der Waals surface area contributed by atoms with Crippen LogP contribution in [0.3, 0.4) is 0 Å². The average molecular weight is 468 g/mol. The first-order chi connectivity index (χ1) is 14.3. The van der Waals surface area contributed by atoms with Crippen molar-refractivity contribution >= 4 is 31.2 Å². The van der Waals surface area contributed by atoms with Crippen molar-refractivity contribution in [3.05, 3.63) is 71.6 Å². The van der Waals surface area contributed by atoms with E-state index in [9.17, 15) is 16.8 Å². The summed E-state index contributed by atoms with van der Waals surface area (Å²) in [4.78, 5) is -0.0551. The monoisotopic (exact) mass is 467 g/mol. The van der Waals surface area contributed by atoms with Crippen molar-refractivity contribution in [3.8, 4) is 11.5 Å². The van der Waals surface area contributed by atoms with E-state index in [1.54, 1.807) is 41.8 Å². The zero-order valence-electron chi connectivity index (χ0n) is 16.3. The number of ether oxygens (including phenoxy) is 2. The number of methoxy groups -OCH3 is 2. The van der Waals surface area contributed by atoms with Crippen LogP contribution in [0.2, 0.25) is 0 Å². The number of thiophene rings is 1. The molecule has 160 valence electrons. The van der Waals surface area contributed by atoms with E-state index in [2.05, 4.69) is 4.72 Å². The second-order valence-electron chi connectivity index (χ2n) is 6.25. The molecule has 3 rings (SSSR count). The van der Waals surface area contributed by atoms with Crippen LogP contribution in [0, 0.1) is 0 Å². The third-order valence-corrected chi connectivity index (χ3v) is 9.40. The number of nitrogens with one attached hydrogen (secondary N) is 1. The van der Waals surface area contributed by atoms with Crippen molar-refractivity contribution in [1.82, 2.24) is 4.72 Å². The number of hydrogen-bond acceptors (Lipinski definition) is 7. The van der Waals surface area contributed by atoms with E-state index < -0.39 is 25.1 Å². The van der Waals surface area contributed by atoms with E-state index in [-0.39, 0.29) is 21.4 Å². The fourth-order valence-electron chi connectivity index (χ4n) is 2.89. The Hall–Kier alpha value is -2.40. The van der Waals surface area contributed by atoms with Crippen LogP contribution in [0.15, 0.2) is 75.1 Å². The van der Waals surface area contributed by atoms with E-state index >= 15 is 0 Å². The summed E-state index contributed by atoms with van der Waals surface area (Å²) in [5, 5.41) is 0.593. The smallest absolute Gasteiger partial charge is 0.240 e. The van der Waals surface area contributed by atoms with Gasteiger partial charge in [-0.3, -0.25) is 0 Å². The Bertz CT molecular complexity index is 1190. The summed E-state index contributed by atoms with van der Waals surface area (Å²) in [6, 6.07) is 15.9. The van der Waals surface area contributed by atoms with Crippen molar-refractivity contribution in [2.45, 2.75) is 14.4 Å². The highest BCUT2D eigenvalue weighted by Crippen LogP contribution is 2.32. The molecule has 0 amide bonds. The minimum Gasteiger partial charge on any atom is -0.493 e. The summed E-state index contributed by atoms with van der Waals surface area (Å²) in [6.07, 6.45) is 0. The number of rotatable bonds is 9. The molecule has 10 heteroatoms. The summed E-state index contributed by atoms with van der Waals surface area (Å²) < 4.78 is 64.9. The van der Waals surface area contributed by atoms with Gasteiger partial charge >= 0.3 is 0 Å². The second kappa shape index (κ2) is 9.17. The average Bonchev–Trinajstić information content (AvgIpc) is 3.30. The van der Waals surface area contributed by atoms with Crippen LogP contribution in [0.25, 0.3) is 0 Å². The normalized spacial score (nSPS) is 13.0. The second-order valence-corrected chi connectivity index (χ2v) is 11.3. The van der Waals surface area contributed by atoms with Gasteiger partial charge in [0.2, 0.25) is 10.0 Å². The third-order valence-electron chi connectivity index (χ3n) is 4.45. The lowest BCUT2D eigenvalue weighted by molar-refractivity contribution is 0.354. The molecule has 0 aliphatic rings. The number of hydrogen-bond donors (Lipinski definition) is 1. The number of benzene rings is 2. The minimum atomic E-state index is -4.00. The van der Waals surface area contributed by atoms with Crippen LogP contribution in [0.1, 0.15) is 10.8 Å². The summed E-state index contributed by atoms with van der Waals surface area (Å²) in [5.74, 6) is 0.644. The van der Waals surface area contributed by atoms with Gasteiger partial charge in [-0.1, -0.05) is 36.4 Å². The molecular weight excluding hydrogens is 446 g/mol. The zero-order valence-corrected chi connectivity index (χ0v) is 18.8. The first-order valence-electron chi connectivity index (χ1n) is 8.83. The Morgan fingerprint density at radius 1 is 0.900 bits per heavy atom. The van der Waals surface area contributed by atoms with Crippen molar-refractivity contribution in [1.29, 1.82) is 0 Å². The number of sulfonamides is 1. The predicted octanol–water partition coefficient (Wildman–Crippen LogP) is 3.26. The van der Waals surface area contributed by atoms with Gasteiger partial charge < -0.3 is 9.47 Å². The predicted molar refractivity (Wildman–Crippen MR) is 115 cm³/mol. The largest absolute Gasteiger partial charge is 0.493 e. The maximum absolute atomic E-state index is 13.2. The molecule has 0 spiro atoms. The van der Waals surface area contributed by atoms with Crippen molar-refractivity contribution in [3.63, 3.8) is 0 Å². The third kappa shape index (κ3) is 4.67. The van der Waals surface area contributed by atoms with Gasteiger partial charge in [0.15, 0.2) is 21.3 Å². The Balaban J connectivity index is 1.93. The van der Waals surface area contributed by atoms with Crippen LogP contribution in [-0.4, -0.2) is 37.6 Å². The van der Waals surface area contributed by atoms with Crippen LogP contribution in [0.4, 0.5) is 0 Å². The SMILES string of the molecule is COc1ccc(S(=O)(=O)NCC(c2ccccc2)S(=O)(=O)c2cccs2)cc1OC. The van der Waals surface area contributed by atoms with Gasteiger partial charge in [-0.05, 0) is 29.1 Å². The first-order valence-corrected chi connectivity index (χ1v) is 12.7. The number of sulfone groups is 1. The fraction of sp³-hybridized carbons (Fsp3) is 0.200. The molecule has 0 saturated carbocycles. The van der Waals surface area contributed by atoms with Crippen LogP contribution >= 0.6 is 11.3 Å². The van der Waals surface area contributed by atoms with Gasteiger partial charge in [-0.2, -0.15) is 0 Å². The van der Waals surface area contributed by atoms with E-state index in [1.807, 2.05) is 0 Å². The van der Waals surface area contributed by atoms with Gasteiger partial charge in [0.05, 0.1) is 19.1 Å². The van der Waals surface area contributed by atoms with Gasteiger partial charge in [0.1, 0.15) is 9.46 Å². The highest BCUT2D eigenvalue weighted by atomic mass is 32.2. The van der Waals surface area contributed by atoms with Gasteiger partial charge in [0.25, 0.3) is 0 Å². The minimum absolute atomic E-state index is 0.0551. The van der Waals surface area contributed by atoms with Crippen LogP contribution in [-0.2, 0) is 19.9 Å². The van der Waals surface area contributed by atoms with Crippen LogP contribution in [0.5, 0.6) is 11.5 Å². The van der Waals surface area contributed by atoms with Gasteiger partial charge in [0, 0.05) is 12.6 Å². The molecule has 1 heterocycles. The molecule has 0 aliphatic carbocycles. The first kappa shape index (κ1) is 22.3. The lowest BCUT2D eigenvalue weighted by Crippen LogP contribution is -2.31. The fourth-order valence-corrected chi connectivity index (χ4v) is 6.93. The summed E-state index contributed by atoms with van der Waals surface area (Å²) >= 11 is 1.10.